The molecule has 1 saturated heterocycles. The average Bonchev–Trinajstić information content (AvgIpc) is 2.99. The number of halogens is 2. The van der Waals surface area contributed by atoms with Crippen LogP contribution in [0.4, 0.5) is 14.9 Å². The number of carbonyl (C=O) groups excluding carboxylic acids is 1. The van der Waals surface area contributed by atoms with Gasteiger partial charge in [-0.2, -0.15) is 0 Å². The molecule has 0 aliphatic carbocycles. The zero-order valence-corrected chi connectivity index (χ0v) is 12.7. The molecule has 1 aliphatic rings. The maximum absolute atomic E-state index is 13.4. The Morgan fingerprint density at radius 2 is 2.05 bits per heavy atom. The molecule has 1 atom stereocenters. The summed E-state index contributed by atoms with van der Waals surface area (Å²) < 4.78 is 13.4. The van der Waals surface area contributed by atoms with E-state index in [1.807, 2.05) is 18.2 Å². The first-order chi connectivity index (χ1) is 10.6. The van der Waals surface area contributed by atoms with Gasteiger partial charge in [0.1, 0.15) is 5.82 Å². The zero-order valence-electron chi connectivity index (χ0n) is 11.9. The van der Waals surface area contributed by atoms with Crippen LogP contribution in [0.1, 0.15) is 24.4 Å². The summed E-state index contributed by atoms with van der Waals surface area (Å²) in [6, 6.07) is 13.2. The number of likely N-dealkylation sites (tertiary alicyclic amines) is 1. The van der Waals surface area contributed by atoms with Crippen molar-refractivity contribution in [3.63, 3.8) is 0 Å². The molecule has 0 spiro atoms. The van der Waals surface area contributed by atoms with Crippen molar-refractivity contribution in [1.29, 1.82) is 0 Å². The topological polar surface area (TPSA) is 32.3 Å². The number of carbonyl (C=O) groups is 1. The summed E-state index contributed by atoms with van der Waals surface area (Å²) in [5.74, 6) is -0.282. The van der Waals surface area contributed by atoms with Crippen LogP contribution in [-0.4, -0.2) is 17.5 Å². The van der Waals surface area contributed by atoms with Gasteiger partial charge in [0.25, 0.3) is 0 Å². The quantitative estimate of drug-likeness (QED) is 0.843. The van der Waals surface area contributed by atoms with Crippen molar-refractivity contribution in [2.24, 2.45) is 0 Å². The SMILES string of the molecule is O=C(Nc1ccccc1Cl)N1CCC[C@@H]1c1cccc(F)c1. The summed E-state index contributed by atoms with van der Waals surface area (Å²) in [5, 5.41) is 3.33. The highest BCUT2D eigenvalue weighted by Crippen LogP contribution is 2.33. The van der Waals surface area contributed by atoms with E-state index in [0.29, 0.717) is 17.3 Å². The maximum atomic E-state index is 13.4. The zero-order chi connectivity index (χ0) is 15.5. The van der Waals surface area contributed by atoms with Crippen molar-refractivity contribution < 1.29 is 9.18 Å². The Morgan fingerprint density at radius 1 is 1.23 bits per heavy atom. The van der Waals surface area contributed by atoms with Gasteiger partial charge in [-0.15, -0.1) is 0 Å². The first-order valence-electron chi connectivity index (χ1n) is 7.23. The number of anilines is 1. The normalized spacial score (nSPS) is 17.5. The fourth-order valence-electron chi connectivity index (χ4n) is 2.82. The summed E-state index contributed by atoms with van der Waals surface area (Å²) >= 11 is 6.07. The van der Waals surface area contributed by atoms with Crippen LogP contribution in [0.3, 0.4) is 0 Å². The summed E-state index contributed by atoms with van der Waals surface area (Å²) in [6.07, 6.45) is 1.73. The number of para-hydroxylation sites is 1. The van der Waals surface area contributed by atoms with Gasteiger partial charge in [0.2, 0.25) is 0 Å². The average molecular weight is 319 g/mol. The third kappa shape index (κ3) is 3.07. The molecule has 3 nitrogen and oxygen atoms in total. The number of nitrogens with zero attached hydrogens (tertiary/aromatic N) is 1. The molecular weight excluding hydrogens is 303 g/mol. The monoisotopic (exact) mass is 318 g/mol. The second-order valence-electron chi connectivity index (χ2n) is 5.32. The van der Waals surface area contributed by atoms with Crippen molar-refractivity contribution in [3.8, 4) is 0 Å². The number of hydrogen-bond acceptors (Lipinski definition) is 1. The smallest absolute Gasteiger partial charge is 0.317 e. The number of nitrogens with one attached hydrogen (secondary N) is 1. The Hall–Kier alpha value is -2.07. The van der Waals surface area contributed by atoms with Crippen molar-refractivity contribution in [1.82, 2.24) is 4.90 Å². The van der Waals surface area contributed by atoms with Gasteiger partial charge >= 0.3 is 6.03 Å². The van der Waals surface area contributed by atoms with E-state index in [1.165, 1.54) is 12.1 Å². The van der Waals surface area contributed by atoms with Crippen LogP contribution >= 0.6 is 11.6 Å². The molecule has 2 aromatic carbocycles. The number of benzene rings is 2. The van der Waals surface area contributed by atoms with Crippen LogP contribution < -0.4 is 5.32 Å². The van der Waals surface area contributed by atoms with E-state index in [1.54, 1.807) is 23.1 Å². The number of amides is 2. The van der Waals surface area contributed by atoms with Crippen molar-refractivity contribution in [2.75, 3.05) is 11.9 Å². The third-order valence-corrected chi connectivity index (χ3v) is 4.19. The lowest BCUT2D eigenvalue weighted by atomic mass is 10.0. The fraction of sp³-hybridized carbons (Fsp3) is 0.235. The highest BCUT2D eigenvalue weighted by molar-refractivity contribution is 6.33. The Labute approximate surface area is 133 Å². The van der Waals surface area contributed by atoms with Crippen LogP contribution in [0.2, 0.25) is 5.02 Å². The molecule has 0 aromatic heterocycles. The highest BCUT2D eigenvalue weighted by Gasteiger charge is 2.30. The Bertz CT molecular complexity index is 692. The van der Waals surface area contributed by atoms with Crippen LogP contribution in [0.5, 0.6) is 0 Å². The number of rotatable bonds is 2. The molecule has 1 heterocycles. The molecule has 1 fully saturated rings. The Balaban J connectivity index is 1.78. The molecule has 3 rings (SSSR count). The first kappa shape index (κ1) is 14.9. The maximum Gasteiger partial charge on any atom is 0.322 e. The van der Waals surface area contributed by atoms with E-state index in [4.69, 9.17) is 11.6 Å². The summed E-state index contributed by atoms with van der Waals surface area (Å²) in [4.78, 5) is 14.2. The minimum absolute atomic E-state index is 0.0989. The van der Waals surface area contributed by atoms with Crippen LogP contribution in [0, 0.1) is 5.82 Å². The van der Waals surface area contributed by atoms with Gasteiger partial charge in [0.15, 0.2) is 0 Å². The van der Waals surface area contributed by atoms with Gasteiger partial charge in [0, 0.05) is 6.54 Å². The predicted octanol–water partition coefficient (Wildman–Crippen LogP) is 4.85. The molecule has 0 saturated carbocycles. The standard InChI is InChI=1S/C17H16ClFN2O/c18-14-7-1-2-8-15(14)20-17(22)21-10-4-9-16(21)12-5-3-6-13(19)11-12/h1-3,5-8,11,16H,4,9-10H2,(H,20,22)/t16-/m1/s1. The van der Waals surface area contributed by atoms with E-state index < -0.39 is 0 Å². The summed E-state index contributed by atoms with van der Waals surface area (Å²) in [7, 11) is 0. The molecule has 1 aliphatic heterocycles. The summed E-state index contributed by atoms with van der Waals surface area (Å²) in [6.45, 7) is 0.650. The van der Waals surface area contributed by atoms with Crippen molar-refractivity contribution in [3.05, 3.63) is 64.9 Å². The molecule has 2 amide bonds. The van der Waals surface area contributed by atoms with Crippen LogP contribution in [0.15, 0.2) is 48.5 Å². The lowest BCUT2D eigenvalue weighted by molar-refractivity contribution is 0.207. The second kappa shape index (κ2) is 6.36. The molecular formula is C17H16ClFN2O. The van der Waals surface area contributed by atoms with E-state index in [9.17, 15) is 9.18 Å². The van der Waals surface area contributed by atoms with Crippen LogP contribution in [0.25, 0.3) is 0 Å². The van der Waals surface area contributed by atoms with Crippen molar-refractivity contribution in [2.45, 2.75) is 18.9 Å². The lowest BCUT2D eigenvalue weighted by Crippen LogP contribution is -2.34. The van der Waals surface area contributed by atoms with E-state index >= 15 is 0 Å². The van der Waals surface area contributed by atoms with Gasteiger partial charge in [-0.25, -0.2) is 9.18 Å². The van der Waals surface area contributed by atoms with Gasteiger partial charge in [-0.3, -0.25) is 0 Å². The molecule has 22 heavy (non-hydrogen) atoms. The molecule has 1 N–H and O–H groups in total. The van der Waals surface area contributed by atoms with Gasteiger partial charge in [-0.1, -0.05) is 35.9 Å². The molecule has 0 bridgehead atoms. The van der Waals surface area contributed by atoms with Gasteiger partial charge < -0.3 is 10.2 Å². The van der Waals surface area contributed by atoms with Gasteiger partial charge in [0.05, 0.1) is 16.8 Å². The fourth-order valence-corrected chi connectivity index (χ4v) is 3.00. The molecule has 0 radical (unpaired) electrons. The third-order valence-electron chi connectivity index (χ3n) is 3.86. The van der Waals surface area contributed by atoms with E-state index in [0.717, 1.165) is 18.4 Å². The molecule has 114 valence electrons. The minimum atomic E-state index is -0.282. The van der Waals surface area contributed by atoms with E-state index in [-0.39, 0.29) is 17.9 Å². The number of hydrogen-bond donors (Lipinski definition) is 1. The predicted molar refractivity (Wildman–Crippen MR) is 85.6 cm³/mol. The first-order valence-corrected chi connectivity index (χ1v) is 7.60. The molecule has 5 heteroatoms. The largest absolute Gasteiger partial charge is 0.322 e. The lowest BCUT2D eigenvalue weighted by Gasteiger charge is -2.25. The Morgan fingerprint density at radius 3 is 2.82 bits per heavy atom. The second-order valence-corrected chi connectivity index (χ2v) is 5.72. The summed E-state index contributed by atoms with van der Waals surface area (Å²) in [5.41, 5.74) is 1.41. The van der Waals surface area contributed by atoms with Crippen LogP contribution in [-0.2, 0) is 0 Å². The highest BCUT2D eigenvalue weighted by atomic mass is 35.5. The minimum Gasteiger partial charge on any atom is -0.317 e. The van der Waals surface area contributed by atoms with Gasteiger partial charge in [-0.05, 0) is 42.7 Å². The molecule has 0 unspecified atom stereocenters. The van der Waals surface area contributed by atoms with Crippen molar-refractivity contribution >= 4 is 23.3 Å². The number of urea groups is 1. The Kier molecular flexibility index (Phi) is 4.29. The molecule has 2 aromatic rings. The van der Waals surface area contributed by atoms with E-state index in [2.05, 4.69) is 5.32 Å².